The summed E-state index contributed by atoms with van der Waals surface area (Å²) in [6.07, 6.45) is 8.71. The second-order valence-corrected chi connectivity index (χ2v) is 7.84. The number of carbonyl (C=O) groups excluding carboxylic acids is 2. The van der Waals surface area contributed by atoms with Crippen molar-refractivity contribution in [2.45, 2.75) is 44.7 Å². The molecule has 0 aromatic carbocycles. The lowest BCUT2D eigenvalue weighted by atomic mass is 10.1. The molecule has 1 aromatic rings. The number of hydrogen-bond acceptors (Lipinski definition) is 4. The Morgan fingerprint density at radius 1 is 1.08 bits per heavy atom. The fraction of sp³-hybridized carbons (Fsp3) is 0.650. The van der Waals surface area contributed by atoms with E-state index in [1.165, 1.54) is 18.4 Å². The molecule has 1 saturated carbocycles. The van der Waals surface area contributed by atoms with Gasteiger partial charge in [-0.3, -0.25) is 19.5 Å². The minimum absolute atomic E-state index is 0.130. The van der Waals surface area contributed by atoms with E-state index in [9.17, 15) is 9.59 Å². The van der Waals surface area contributed by atoms with Gasteiger partial charge in [0.1, 0.15) is 0 Å². The Labute approximate surface area is 155 Å². The fourth-order valence-corrected chi connectivity index (χ4v) is 4.60. The van der Waals surface area contributed by atoms with Crippen LogP contribution < -0.4 is 0 Å². The van der Waals surface area contributed by atoms with Gasteiger partial charge in [-0.05, 0) is 30.5 Å². The summed E-state index contributed by atoms with van der Waals surface area (Å²) in [4.78, 5) is 35.6. The van der Waals surface area contributed by atoms with Crippen LogP contribution in [0.3, 0.4) is 0 Å². The topological polar surface area (TPSA) is 56.8 Å². The molecular formula is C20H28N4O2. The van der Waals surface area contributed by atoms with E-state index in [0.29, 0.717) is 19.0 Å². The van der Waals surface area contributed by atoms with E-state index in [1.54, 1.807) is 0 Å². The summed E-state index contributed by atoms with van der Waals surface area (Å²) in [6.45, 7) is 4.85. The van der Waals surface area contributed by atoms with Crippen LogP contribution in [0, 0.1) is 5.92 Å². The van der Waals surface area contributed by atoms with Crippen LogP contribution in [0.25, 0.3) is 0 Å². The van der Waals surface area contributed by atoms with Gasteiger partial charge in [0, 0.05) is 64.1 Å². The Balaban J connectivity index is 1.28. The summed E-state index contributed by atoms with van der Waals surface area (Å²) in [7, 11) is 0. The van der Waals surface area contributed by atoms with Crippen LogP contribution in [0.5, 0.6) is 0 Å². The van der Waals surface area contributed by atoms with Crippen molar-refractivity contribution in [3.05, 3.63) is 30.1 Å². The van der Waals surface area contributed by atoms with Gasteiger partial charge >= 0.3 is 0 Å². The minimum atomic E-state index is -0.130. The number of piperazine rings is 1. The van der Waals surface area contributed by atoms with Crippen molar-refractivity contribution < 1.29 is 9.59 Å². The predicted octanol–water partition coefficient (Wildman–Crippen LogP) is 1.52. The van der Waals surface area contributed by atoms with Gasteiger partial charge in [0.25, 0.3) is 0 Å². The molecule has 140 valence electrons. The quantitative estimate of drug-likeness (QED) is 0.821. The Kier molecular flexibility index (Phi) is 5.20. The molecule has 0 spiro atoms. The van der Waals surface area contributed by atoms with Gasteiger partial charge in [-0.1, -0.05) is 12.8 Å². The molecule has 26 heavy (non-hydrogen) atoms. The normalized spacial score (nSPS) is 25.2. The molecular weight excluding hydrogens is 328 g/mol. The van der Waals surface area contributed by atoms with Crippen molar-refractivity contribution in [3.8, 4) is 0 Å². The maximum atomic E-state index is 12.9. The molecule has 1 aromatic heterocycles. The molecule has 1 aliphatic carbocycles. The number of nitrogens with zero attached hydrogens (tertiary/aromatic N) is 4. The van der Waals surface area contributed by atoms with E-state index in [4.69, 9.17) is 0 Å². The lowest BCUT2D eigenvalue weighted by Crippen LogP contribution is -2.50. The molecule has 0 radical (unpaired) electrons. The highest BCUT2D eigenvalue weighted by molar-refractivity contribution is 5.89. The highest BCUT2D eigenvalue weighted by atomic mass is 16.2. The average molecular weight is 356 g/mol. The number of pyridine rings is 1. The molecule has 0 N–H and O–H groups in total. The lowest BCUT2D eigenvalue weighted by molar-refractivity contribution is -0.137. The third kappa shape index (κ3) is 3.75. The van der Waals surface area contributed by atoms with E-state index >= 15 is 0 Å². The maximum Gasteiger partial charge on any atom is 0.228 e. The Morgan fingerprint density at radius 3 is 2.46 bits per heavy atom. The SMILES string of the molecule is O=C([C@@H]1CC(=O)N(C2CCCC2)C1)N1CCN(Cc2ccncc2)CC1. The molecule has 1 atom stereocenters. The second-order valence-electron chi connectivity index (χ2n) is 7.84. The Hall–Kier alpha value is -1.95. The number of hydrogen-bond donors (Lipinski definition) is 0. The van der Waals surface area contributed by atoms with Crippen LogP contribution in [0.2, 0.25) is 0 Å². The first-order valence-corrected chi connectivity index (χ1v) is 9.90. The first-order valence-electron chi connectivity index (χ1n) is 9.90. The van der Waals surface area contributed by atoms with Gasteiger partial charge in [-0.2, -0.15) is 0 Å². The first-order chi connectivity index (χ1) is 12.7. The van der Waals surface area contributed by atoms with Gasteiger partial charge < -0.3 is 9.80 Å². The molecule has 2 saturated heterocycles. The van der Waals surface area contributed by atoms with Gasteiger partial charge in [0.05, 0.1) is 5.92 Å². The molecule has 3 fully saturated rings. The molecule has 0 bridgehead atoms. The summed E-state index contributed by atoms with van der Waals surface area (Å²) < 4.78 is 0. The van der Waals surface area contributed by atoms with Gasteiger partial charge in [-0.25, -0.2) is 0 Å². The van der Waals surface area contributed by atoms with Gasteiger partial charge in [0.2, 0.25) is 11.8 Å². The standard InChI is InChI=1S/C20H28N4O2/c25-19-13-17(15-24(19)18-3-1-2-4-18)20(26)23-11-9-22(10-12-23)14-16-5-7-21-8-6-16/h5-8,17-18H,1-4,9-15H2/t17-/m1/s1. The highest BCUT2D eigenvalue weighted by Gasteiger charge is 2.40. The molecule has 4 rings (SSSR count). The average Bonchev–Trinajstić information content (AvgIpc) is 3.32. The summed E-state index contributed by atoms with van der Waals surface area (Å²) in [6, 6.07) is 4.47. The molecule has 3 aliphatic rings. The summed E-state index contributed by atoms with van der Waals surface area (Å²) in [5.74, 6) is 0.240. The predicted molar refractivity (Wildman–Crippen MR) is 98.2 cm³/mol. The molecule has 2 amide bonds. The summed E-state index contributed by atoms with van der Waals surface area (Å²) >= 11 is 0. The highest BCUT2D eigenvalue weighted by Crippen LogP contribution is 2.30. The zero-order valence-electron chi connectivity index (χ0n) is 15.3. The monoisotopic (exact) mass is 356 g/mol. The summed E-state index contributed by atoms with van der Waals surface area (Å²) in [5.41, 5.74) is 1.26. The molecule has 6 nitrogen and oxygen atoms in total. The molecule has 0 unspecified atom stereocenters. The summed E-state index contributed by atoms with van der Waals surface area (Å²) in [5, 5.41) is 0. The van der Waals surface area contributed by atoms with Crippen LogP contribution in [0.1, 0.15) is 37.7 Å². The van der Waals surface area contributed by atoms with Gasteiger partial charge in [-0.15, -0.1) is 0 Å². The maximum absolute atomic E-state index is 12.9. The van der Waals surface area contributed by atoms with Crippen molar-refractivity contribution in [3.63, 3.8) is 0 Å². The van der Waals surface area contributed by atoms with Crippen molar-refractivity contribution >= 4 is 11.8 Å². The van der Waals surface area contributed by atoms with Crippen LogP contribution in [0.15, 0.2) is 24.5 Å². The molecule has 3 heterocycles. The minimum Gasteiger partial charge on any atom is -0.340 e. The fourth-order valence-electron chi connectivity index (χ4n) is 4.60. The molecule has 2 aliphatic heterocycles. The Bertz CT molecular complexity index is 636. The van der Waals surface area contributed by atoms with Crippen molar-refractivity contribution in [1.29, 1.82) is 0 Å². The van der Waals surface area contributed by atoms with Crippen molar-refractivity contribution in [1.82, 2.24) is 19.7 Å². The van der Waals surface area contributed by atoms with E-state index < -0.39 is 0 Å². The van der Waals surface area contributed by atoms with Crippen molar-refractivity contribution in [2.24, 2.45) is 5.92 Å². The van der Waals surface area contributed by atoms with Crippen LogP contribution in [-0.4, -0.2) is 70.3 Å². The van der Waals surface area contributed by atoms with E-state index in [2.05, 4.69) is 9.88 Å². The van der Waals surface area contributed by atoms with Crippen LogP contribution >= 0.6 is 0 Å². The third-order valence-corrected chi connectivity index (χ3v) is 6.11. The van der Waals surface area contributed by atoms with Crippen LogP contribution in [-0.2, 0) is 16.1 Å². The van der Waals surface area contributed by atoms with E-state index in [1.807, 2.05) is 34.3 Å². The van der Waals surface area contributed by atoms with Crippen molar-refractivity contribution in [2.75, 3.05) is 32.7 Å². The first kappa shape index (κ1) is 17.5. The zero-order valence-corrected chi connectivity index (χ0v) is 15.3. The van der Waals surface area contributed by atoms with E-state index in [-0.39, 0.29) is 17.7 Å². The third-order valence-electron chi connectivity index (χ3n) is 6.11. The zero-order chi connectivity index (χ0) is 17.9. The second kappa shape index (κ2) is 7.74. The number of rotatable bonds is 4. The molecule has 6 heteroatoms. The smallest absolute Gasteiger partial charge is 0.228 e. The number of amides is 2. The number of carbonyl (C=O) groups is 2. The Morgan fingerprint density at radius 2 is 1.77 bits per heavy atom. The largest absolute Gasteiger partial charge is 0.340 e. The van der Waals surface area contributed by atoms with E-state index in [0.717, 1.165) is 45.6 Å². The van der Waals surface area contributed by atoms with Crippen LogP contribution in [0.4, 0.5) is 0 Å². The lowest BCUT2D eigenvalue weighted by Gasteiger charge is -2.36. The number of likely N-dealkylation sites (tertiary alicyclic amines) is 1. The van der Waals surface area contributed by atoms with Gasteiger partial charge in [0.15, 0.2) is 0 Å². The number of aromatic nitrogens is 1.